The van der Waals surface area contributed by atoms with E-state index in [4.69, 9.17) is 5.73 Å². The summed E-state index contributed by atoms with van der Waals surface area (Å²) in [5.41, 5.74) is 8.32. The van der Waals surface area contributed by atoms with E-state index >= 15 is 0 Å². The predicted molar refractivity (Wildman–Crippen MR) is 91.4 cm³/mol. The third kappa shape index (κ3) is 3.67. The lowest BCUT2D eigenvalue weighted by atomic mass is 9.63. The third-order valence-corrected chi connectivity index (χ3v) is 5.70. The van der Waals surface area contributed by atoms with E-state index in [1.54, 1.807) is 0 Å². The maximum absolute atomic E-state index is 6.25. The second kappa shape index (κ2) is 6.50. The maximum atomic E-state index is 6.25. The molecule has 2 nitrogen and oxygen atoms in total. The van der Waals surface area contributed by atoms with Crippen molar-refractivity contribution in [1.29, 1.82) is 0 Å². The van der Waals surface area contributed by atoms with Gasteiger partial charge in [-0.1, -0.05) is 51.1 Å². The van der Waals surface area contributed by atoms with Crippen LogP contribution in [0.25, 0.3) is 0 Å². The van der Waals surface area contributed by atoms with Crippen molar-refractivity contribution < 1.29 is 0 Å². The Bertz CT molecular complexity index is 440. The number of likely N-dealkylation sites (N-methyl/N-ethyl adjacent to an activating group) is 1. The van der Waals surface area contributed by atoms with E-state index in [0.29, 0.717) is 11.3 Å². The van der Waals surface area contributed by atoms with Crippen LogP contribution in [0.1, 0.15) is 45.6 Å². The van der Waals surface area contributed by atoms with Gasteiger partial charge in [-0.05, 0) is 49.6 Å². The van der Waals surface area contributed by atoms with E-state index in [9.17, 15) is 0 Å². The highest BCUT2D eigenvalue weighted by atomic mass is 15.2. The van der Waals surface area contributed by atoms with E-state index in [0.717, 1.165) is 19.5 Å². The highest BCUT2D eigenvalue weighted by Gasteiger charge is 2.45. The van der Waals surface area contributed by atoms with Crippen molar-refractivity contribution in [1.82, 2.24) is 4.90 Å². The molecule has 1 aliphatic carbocycles. The van der Waals surface area contributed by atoms with Crippen LogP contribution in [0.15, 0.2) is 30.3 Å². The number of benzene rings is 1. The topological polar surface area (TPSA) is 29.3 Å². The average Bonchev–Trinajstić information content (AvgIpc) is 2.46. The average molecular weight is 288 g/mol. The molecule has 2 unspecified atom stereocenters. The Labute approximate surface area is 130 Å². The lowest BCUT2D eigenvalue weighted by Gasteiger charge is -2.53. The Kier molecular flexibility index (Phi) is 5.11. The van der Waals surface area contributed by atoms with Crippen LogP contribution in [0.2, 0.25) is 0 Å². The van der Waals surface area contributed by atoms with Gasteiger partial charge in [0.15, 0.2) is 0 Å². The minimum Gasteiger partial charge on any atom is -0.329 e. The van der Waals surface area contributed by atoms with Crippen LogP contribution in [0.3, 0.4) is 0 Å². The van der Waals surface area contributed by atoms with Crippen LogP contribution < -0.4 is 5.73 Å². The maximum Gasteiger partial charge on any atom is 0.0354 e. The number of hydrogen-bond donors (Lipinski definition) is 1. The van der Waals surface area contributed by atoms with Gasteiger partial charge in [0.25, 0.3) is 0 Å². The molecule has 0 bridgehead atoms. The quantitative estimate of drug-likeness (QED) is 0.895. The van der Waals surface area contributed by atoms with Gasteiger partial charge in [-0.2, -0.15) is 0 Å². The van der Waals surface area contributed by atoms with Crippen molar-refractivity contribution in [2.45, 2.75) is 52.0 Å². The molecule has 1 aliphatic rings. The molecule has 0 saturated heterocycles. The molecule has 0 aliphatic heterocycles. The normalized spacial score (nSPS) is 28.8. The first-order chi connectivity index (χ1) is 9.89. The SMILES string of the molecule is CC1CC(C)(C)CCC1(CN)N(C)CCc1ccccc1. The van der Waals surface area contributed by atoms with E-state index in [1.165, 1.54) is 24.8 Å². The number of rotatable bonds is 5. The molecule has 1 saturated carbocycles. The largest absolute Gasteiger partial charge is 0.329 e. The van der Waals surface area contributed by atoms with Crippen LogP contribution in [0, 0.1) is 11.3 Å². The minimum atomic E-state index is 0.185. The molecule has 21 heavy (non-hydrogen) atoms. The summed E-state index contributed by atoms with van der Waals surface area (Å²) in [6, 6.07) is 10.8. The van der Waals surface area contributed by atoms with Gasteiger partial charge in [-0.15, -0.1) is 0 Å². The van der Waals surface area contributed by atoms with Crippen molar-refractivity contribution in [2.24, 2.45) is 17.1 Å². The summed E-state index contributed by atoms with van der Waals surface area (Å²) in [6.45, 7) is 9.05. The Morgan fingerprint density at radius 3 is 2.43 bits per heavy atom. The van der Waals surface area contributed by atoms with Gasteiger partial charge >= 0.3 is 0 Å². The molecule has 0 radical (unpaired) electrons. The number of nitrogens with two attached hydrogens (primary N) is 1. The molecule has 0 spiro atoms. The summed E-state index contributed by atoms with van der Waals surface area (Å²) in [6.07, 6.45) is 4.89. The van der Waals surface area contributed by atoms with Gasteiger partial charge in [-0.3, -0.25) is 4.90 Å². The van der Waals surface area contributed by atoms with Crippen LogP contribution in [0.4, 0.5) is 0 Å². The standard InChI is InChI=1S/C19H32N2/c1-16-14-18(2,3)11-12-19(16,15-20)21(4)13-10-17-8-6-5-7-9-17/h5-9,16H,10-15,20H2,1-4H3. The highest BCUT2D eigenvalue weighted by Crippen LogP contribution is 2.45. The van der Waals surface area contributed by atoms with Crippen molar-refractivity contribution >= 4 is 0 Å². The first-order valence-corrected chi connectivity index (χ1v) is 8.35. The van der Waals surface area contributed by atoms with Gasteiger partial charge in [-0.25, -0.2) is 0 Å². The van der Waals surface area contributed by atoms with E-state index in [1.807, 2.05) is 0 Å². The molecule has 2 atom stereocenters. The number of nitrogens with zero attached hydrogens (tertiary/aromatic N) is 1. The summed E-state index contributed by atoms with van der Waals surface area (Å²) >= 11 is 0. The molecule has 0 aromatic heterocycles. The monoisotopic (exact) mass is 288 g/mol. The fraction of sp³-hybridized carbons (Fsp3) is 0.684. The van der Waals surface area contributed by atoms with Crippen LogP contribution in [0.5, 0.6) is 0 Å². The van der Waals surface area contributed by atoms with Crippen molar-refractivity contribution in [3.8, 4) is 0 Å². The minimum absolute atomic E-state index is 0.185. The third-order valence-electron chi connectivity index (χ3n) is 5.70. The fourth-order valence-electron chi connectivity index (χ4n) is 4.11. The highest BCUT2D eigenvalue weighted by molar-refractivity contribution is 5.15. The Hall–Kier alpha value is -0.860. The zero-order valence-electron chi connectivity index (χ0n) is 14.2. The molecule has 2 rings (SSSR count). The predicted octanol–water partition coefficient (Wildman–Crippen LogP) is 3.70. The van der Waals surface area contributed by atoms with Crippen molar-refractivity contribution in [2.75, 3.05) is 20.1 Å². The molecule has 2 heteroatoms. The zero-order valence-corrected chi connectivity index (χ0v) is 14.2. The summed E-state index contributed by atoms with van der Waals surface area (Å²) < 4.78 is 0. The van der Waals surface area contributed by atoms with Gasteiger partial charge in [0.1, 0.15) is 0 Å². The van der Waals surface area contributed by atoms with Gasteiger partial charge in [0.2, 0.25) is 0 Å². The first kappa shape index (κ1) is 16.5. The van der Waals surface area contributed by atoms with Crippen LogP contribution >= 0.6 is 0 Å². The Morgan fingerprint density at radius 2 is 1.86 bits per heavy atom. The van der Waals surface area contributed by atoms with Gasteiger partial charge in [0, 0.05) is 18.6 Å². The smallest absolute Gasteiger partial charge is 0.0354 e. The second-order valence-corrected chi connectivity index (χ2v) is 7.73. The molecule has 0 amide bonds. The van der Waals surface area contributed by atoms with E-state index in [-0.39, 0.29) is 5.54 Å². The summed E-state index contributed by atoms with van der Waals surface area (Å²) in [5, 5.41) is 0. The summed E-state index contributed by atoms with van der Waals surface area (Å²) in [4.78, 5) is 2.54. The van der Waals surface area contributed by atoms with Gasteiger partial charge in [0.05, 0.1) is 0 Å². The second-order valence-electron chi connectivity index (χ2n) is 7.73. The molecule has 1 aromatic carbocycles. The Morgan fingerprint density at radius 1 is 1.19 bits per heavy atom. The molecular weight excluding hydrogens is 256 g/mol. The number of hydrogen-bond acceptors (Lipinski definition) is 2. The molecule has 0 heterocycles. The fourth-order valence-corrected chi connectivity index (χ4v) is 4.11. The van der Waals surface area contributed by atoms with Crippen molar-refractivity contribution in [3.05, 3.63) is 35.9 Å². The molecular formula is C19H32N2. The molecule has 2 N–H and O–H groups in total. The molecule has 1 fully saturated rings. The van der Waals surface area contributed by atoms with E-state index in [2.05, 4.69) is 63.1 Å². The van der Waals surface area contributed by atoms with Gasteiger partial charge < -0.3 is 5.73 Å². The summed E-state index contributed by atoms with van der Waals surface area (Å²) in [7, 11) is 2.27. The summed E-state index contributed by atoms with van der Waals surface area (Å²) in [5.74, 6) is 0.659. The van der Waals surface area contributed by atoms with Crippen molar-refractivity contribution in [3.63, 3.8) is 0 Å². The lowest BCUT2D eigenvalue weighted by Crippen LogP contribution is -2.60. The zero-order chi connectivity index (χ0) is 15.5. The van der Waals surface area contributed by atoms with E-state index < -0.39 is 0 Å². The molecule has 118 valence electrons. The van der Waals surface area contributed by atoms with Crippen LogP contribution in [-0.4, -0.2) is 30.6 Å². The van der Waals surface area contributed by atoms with Crippen LogP contribution in [-0.2, 0) is 6.42 Å². The lowest BCUT2D eigenvalue weighted by molar-refractivity contribution is -0.00649. The Balaban J connectivity index is 2.03. The molecule has 1 aromatic rings. The first-order valence-electron chi connectivity index (χ1n) is 8.35.